The first-order chi connectivity index (χ1) is 10.3. The highest BCUT2D eigenvalue weighted by molar-refractivity contribution is 7.91. The van der Waals surface area contributed by atoms with Gasteiger partial charge in [0.2, 0.25) is 15.0 Å². The summed E-state index contributed by atoms with van der Waals surface area (Å²) in [5.74, 6) is 1.37. The Bertz CT molecular complexity index is 734. The van der Waals surface area contributed by atoms with E-state index in [0.29, 0.717) is 12.2 Å². The van der Waals surface area contributed by atoms with E-state index < -0.39 is 9.84 Å². The van der Waals surface area contributed by atoms with Crippen molar-refractivity contribution in [1.29, 1.82) is 0 Å². The zero-order valence-corrected chi connectivity index (χ0v) is 14.1. The van der Waals surface area contributed by atoms with Gasteiger partial charge < -0.3 is 4.74 Å². The van der Waals surface area contributed by atoms with Crippen molar-refractivity contribution in [3.8, 4) is 5.75 Å². The molecule has 1 heterocycles. The third-order valence-corrected chi connectivity index (χ3v) is 5.02. The first kappa shape index (κ1) is 16.5. The fraction of sp³-hybridized carbons (Fsp3) is 0.467. The number of methoxy groups -OCH3 is 1. The fourth-order valence-electron chi connectivity index (χ4n) is 2.29. The Labute approximate surface area is 131 Å². The molecule has 0 fully saturated rings. The molecular weight excluding hydrogens is 302 g/mol. The van der Waals surface area contributed by atoms with Crippen LogP contribution in [0.15, 0.2) is 29.4 Å². The molecule has 0 aliphatic rings. The number of aryl methyl sites for hydroxylation is 2. The van der Waals surface area contributed by atoms with Gasteiger partial charge in [0.25, 0.3) is 0 Å². The molecule has 0 aliphatic carbocycles. The molecule has 0 bridgehead atoms. The number of ether oxygens (including phenoxy) is 1. The van der Waals surface area contributed by atoms with E-state index in [1.165, 1.54) is 0 Å². The summed E-state index contributed by atoms with van der Waals surface area (Å²) in [6.45, 7) is 5.59. The minimum absolute atomic E-state index is 0.000705. The van der Waals surface area contributed by atoms with Crippen LogP contribution in [0.3, 0.4) is 0 Å². The highest BCUT2D eigenvalue weighted by Gasteiger charge is 2.24. The molecule has 0 unspecified atom stereocenters. The summed E-state index contributed by atoms with van der Waals surface area (Å²) in [5.41, 5.74) is 0.941. The predicted octanol–water partition coefficient (Wildman–Crippen LogP) is 2.19. The SMILES string of the molecule is COc1ccc(CCS(=O)(=O)c2nnc(C)n2C(C)C)cc1. The first-order valence-corrected chi connectivity index (χ1v) is 8.77. The van der Waals surface area contributed by atoms with Crippen molar-refractivity contribution in [2.75, 3.05) is 12.9 Å². The quantitative estimate of drug-likeness (QED) is 0.814. The molecule has 120 valence electrons. The van der Waals surface area contributed by atoms with Gasteiger partial charge in [0, 0.05) is 6.04 Å². The smallest absolute Gasteiger partial charge is 0.249 e. The Balaban J connectivity index is 2.17. The summed E-state index contributed by atoms with van der Waals surface area (Å²) in [5, 5.41) is 7.80. The Kier molecular flexibility index (Phi) is 4.85. The van der Waals surface area contributed by atoms with Crippen molar-refractivity contribution in [1.82, 2.24) is 14.8 Å². The molecule has 22 heavy (non-hydrogen) atoms. The third kappa shape index (κ3) is 3.47. The lowest BCUT2D eigenvalue weighted by molar-refractivity contribution is 0.414. The van der Waals surface area contributed by atoms with Crippen molar-refractivity contribution < 1.29 is 13.2 Å². The van der Waals surface area contributed by atoms with Crippen molar-refractivity contribution in [3.63, 3.8) is 0 Å². The van der Waals surface area contributed by atoms with Crippen LogP contribution in [-0.2, 0) is 16.3 Å². The van der Waals surface area contributed by atoms with Crippen molar-refractivity contribution in [2.45, 2.75) is 38.4 Å². The fourth-order valence-corrected chi connectivity index (χ4v) is 3.79. The van der Waals surface area contributed by atoms with Crippen LogP contribution in [0.4, 0.5) is 0 Å². The Morgan fingerprint density at radius 3 is 2.36 bits per heavy atom. The zero-order valence-electron chi connectivity index (χ0n) is 13.3. The molecule has 0 N–H and O–H groups in total. The number of benzene rings is 1. The van der Waals surface area contributed by atoms with E-state index >= 15 is 0 Å². The topological polar surface area (TPSA) is 74.1 Å². The molecule has 1 aromatic carbocycles. The third-order valence-electron chi connectivity index (χ3n) is 3.45. The predicted molar refractivity (Wildman–Crippen MR) is 83.9 cm³/mol. The number of nitrogens with zero attached hydrogens (tertiary/aromatic N) is 3. The Morgan fingerprint density at radius 1 is 1.18 bits per heavy atom. The van der Waals surface area contributed by atoms with Crippen LogP contribution in [0.2, 0.25) is 0 Å². The molecule has 0 radical (unpaired) electrons. The van der Waals surface area contributed by atoms with E-state index in [4.69, 9.17) is 4.74 Å². The van der Waals surface area contributed by atoms with Gasteiger partial charge in [-0.05, 0) is 44.9 Å². The van der Waals surface area contributed by atoms with Crippen molar-refractivity contribution in [2.24, 2.45) is 0 Å². The van der Waals surface area contributed by atoms with Gasteiger partial charge in [-0.2, -0.15) is 0 Å². The maximum atomic E-state index is 12.5. The van der Waals surface area contributed by atoms with Crippen LogP contribution in [0.1, 0.15) is 31.3 Å². The summed E-state index contributed by atoms with van der Waals surface area (Å²) >= 11 is 0. The van der Waals surface area contributed by atoms with Crippen LogP contribution in [-0.4, -0.2) is 36.0 Å². The van der Waals surface area contributed by atoms with Gasteiger partial charge >= 0.3 is 0 Å². The molecule has 0 aliphatic heterocycles. The van der Waals surface area contributed by atoms with Crippen LogP contribution >= 0.6 is 0 Å². The standard InChI is InChI=1S/C15H21N3O3S/c1-11(2)18-12(3)16-17-15(18)22(19,20)10-9-13-5-7-14(21-4)8-6-13/h5-8,11H,9-10H2,1-4H3. The molecule has 0 saturated carbocycles. The molecule has 0 spiro atoms. The monoisotopic (exact) mass is 323 g/mol. The van der Waals surface area contributed by atoms with Crippen LogP contribution in [0, 0.1) is 6.92 Å². The lowest BCUT2D eigenvalue weighted by Crippen LogP contribution is -2.17. The van der Waals surface area contributed by atoms with Gasteiger partial charge in [-0.25, -0.2) is 8.42 Å². The van der Waals surface area contributed by atoms with Crippen molar-refractivity contribution in [3.05, 3.63) is 35.7 Å². The molecule has 2 aromatic rings. The summed E-state index contributed by atoms with van der Waals surface area (Å²) in [6.07, 6.45) is 0.427. The van der Waals surface area contributed by atoms with Gasteiger partial charge in [0.1, 0.15) is 11.6 Å². The molecule has 7 heteroatoms. The first-order valence-electron chi connectivity index (χ1n) is 7.12. The molecule has 0 atom stereocenters. The normalized spacial score (nSPS) is 11.9. The van der Waals surface area contributed by atoms with Gasteiger partial charge in [0.05, 0.1) is 12.9 Å². The second-order valence-corrected chi connectivity index (χ2v) is 7.41. The second kappa shape index (κ2) is 6.48. The van der Waals surface area contributed by atoms with E-state index in [2.05, 4.69) is 10.2 Å². The molecule has 0 amide bonds. The minimum Gasteiger partial charge on any atom is -0.497 e. The highest BCUT2D eigenvalue weighted by Crippen LogP contribution is 2.18. The molecule has 2 rings (SSSR count). The van der Waals surface area contributed by atoms with Crippen LogP contribution in [0.5, 0.6) is 5.75 Å². The molecule has 0 saturated heterocycles. The zero-order chi connectivity index (χ0) is 16.3. The van der Waals surface area contributed by atoms with E-state index in [1.807, 2.05) is 38.1 Å². The van der Waals surface area contributed by atoms with Gasteiger partial charge in [-0.3, -0.25) is 4.57 Å². The summed E-state index contributed by atoms with van der Waals surface area (Å²) in [7, 11) is -1.87. The summed E-state index contributed by atoms with van der Waals surface area (Å²) in [4.78, 5) is 0. The van der Waals surface area contributed by atoms with E-state index in [9.17, 15) is 8.42 Å². The number of hydrogen-bond donors (Lipinski definition) is 0. The van der Waals surface area contributed by atoms with Crippen LogP contribution in [0.25, 0.3) is 0 Å². The van der Waals surface area contributed by atoms with E-state index in [1.54, 1.807) is 18.6 Å². The Morgan fingerprint density at radius 2 is 1.82 bits per heavy atom. The minimum atomic E-state index is -3.47. The maximum Gasteiger partial charge on any atom is 0.249 e. The summed E-state index contributed by atoms with van der Waals surface area (Å²) in [6, 6.07) is 7.38. The van der Waals surface area contributed by atoms with Crippen LogP contribution < -0.4 is 4.74 Å². The molecular formula is C15H21N3O3S. The van der Waals surface area contributed by atoms with Gasteiger partial charge in [-0.15, -0.1) is 10.2 Å². The highest BCUT2D eigenvalue weighted by atomic mass is 32.2. The number of sulfone groups is 1. The average Bonchev–Trinajstić information content (AvgIpc) is 2.88. The number of rotatable bonds is 6. The van der Waals surface area contributed by atoms with Crippen molar-refractivity contribution >= 4 is 9.84 Å². The Hall–Kier alpha value is -1.89. The number of aromatic nitrogens is 3. The van der Waals surface area contributed by atoms with E-state index in [0.717, 1.165) is 11.3 Å². The summed E-state index contributed by atoms with van der Waals surface area (Å²) < 4.78 is 31.8. The molecule has 6 nitrogen and oxygen atoms in total. The van der Waals surface area contributed by atoms with E-state index in [-0.39, 0.29) is 17.0 Å². The lowest BCUT2D eigenvalue weighted by Gasteiger charge is -2.12. The number of hydrogen-bond acceptors (Lipinski definition) is 5. The largest absolute Gasteiger partial charge is 0.497 e. The van der Waals surface area contributed by atoms with Gasteiger partial charge in [-0.1, -0.05) is 12.1 Å². The average molecular weight is 323 g/mol. The maximum absolute atomic E-state index is 12.5. The lowest BCUT2D eigenvalue weighted by atomic mass is 10.2. The van der Waals surface area contributed by atoms with Gasteiger partial charge in [0.15, 0.2) is 0 Å². The second-order valence-electron chi connectivity index (χ2n) is 5.41. The molecule has 1 aromatic heterocycles.